The van der Waals surface area contributed by atoms with Gasteiger partial charge in [-0.2, -0.15) is 0 Å². The van der Waals surface area contributed by atoms with Gasteiger partial charge in [-0.15, -0.1) is 0 Å². The zero-order valence-corrected chi connectivity index (χ0v) is 11.6. The predicted octanol–water partition coefficient (Wildman–Crippen LogP) is 2.10. The molecule has 0 bridgehead atoms. The van der Waals surface area contributed by atoms with Crippen LogP contribution in [0.2, 0.25) is 0 Å². The molecule has 6 heteroatoms. The van der Waals surface area contributed by atoms with Gasteiger partial charge >= 0.3 is 0 Å². The lowest BCUT2D eigenvalue weighted by molar-refractivity contribution is 0.415. The summed E-state index contributed by atoms with van der Waals surface area (Å²) in [7, 11) is 1.61. The van der Waals surface area contributed by atoms with Crippen molar-refractivity contribution in [2.24, 2.45) is 0 Å². The molecule has 0 aliphatic carbocycles. The van der Waals surface area contributed by atoms with Gasteiger partial charge in [-0.05, 0) is 37.6 Å². The SMILES string of the molecule is COc1ccc2oc3c(=O)[nH]c([C@H]4CCCN4)nc3c2c1. The third-order valence-electron chi connectivity index (χ3n) is 3.94. The first-order valence-electron chi connectivity index (χ1n) is 7.00. The van der Waals surface area contributed by atoms with Gasteiger partial charge in [0.15, 0.2) is 0 Å². The monoisotopic (exact) mass is 285 g/mol. The van der Waals surface area contributed by atoms with Crippen molar-refractivity contribution in [1.29, 1.82) is 0 Å². The predicted molar refractivity (Wildman–Crippen MR) is 78.7 cm³/mol. The lowest BCUT2D eigenvalue weighted by atomic mass is 10.2. The van der Waals surface area contributed by atoms with Crippen molar-refractivity contribution in [2.75, 3.05) is 13.7 Å². The zero-order chi connectivity index (χ0) is 14.4. The number of hydrogen-bond donors (Lipinski definition) is 2. The first-order chi connectivity index (χ1) is 10.3. The highest BCUT2D eigenvalue weighted by molar-refractivity contribution is 6.02. The van der Waals surface area contributed by atoms with Crippen LogP contribution in [0.5, 0.6) is 5.75 Å². The van der Waals surface area contributed by atoms with Gasteiger partial charge in [0.25, 0.3) is 5.56 Å². The molecule has 2 N–H and O–H groups in total. The Morgan fingerprint density at radius 3 is 3.10 bits per heavy atom. The van der Waals surface area contributed by atoms with Crippen molar-refractivity contribution < 1.29 is 9.15 Å². The fourth-order valence-corrected chi connectivity index (χ4v) is 2.86. The zero-order valence-electron chi connectivity index (χ0n) is 11.6. The average Bonchev–Trinajstić information content (AvgIpc) is 3.14. The molecule has 0 amide bonds. The topological polar surface area (TPSA) is 80.1 Å². The molecule has 1 aliphatic heterocycles. The van der Waals surface area contributed by atoms with E-state index in [1.807, 2.05) is 6.07 Å². The van der Waals surface area contributed by atoms with Crippen LogP contribution in [0.25, 0.3) is 22.1 Å². The van der Waals surface area contributed by atoms with Crippen LogP contribution >= 0.6 is 0 Å². The lowest BCUT2D eigenvalue weighted by Gasteiger charge is -2.08. The van der Waals surface area contributed by atoms with Crippen LogP contribution in [-0.2, 0) is 0 Å². The number of fused-ring (bicyclic) bond motifs is 3. The van der Waals surface area contributed by atoms with Gasteiger partial charge in [-0.3, -0.25) is 4.79 Å². The number of ether oxygens (including phenoxy) is 1. The first kappa shape index (κ1) is 12.4. The van der Waals surface area contributed by atoms with E-state index in [-0.39, 0.29) is 17.2 Å². The average molecular weight is 285 g/mol. The Morgan fingerprint density at radius 1 is 1.43 bits per heavy atom. The number of H-pyrrole nitrogens is 1. The second-order valence-corrected chi connectivity index (χ2v) is 5.24. The molecular formula is C15H15N3O3. The second-order valence-electron chi connectivity index (χ2n) is 5.24. The van der Waals surface area contributed by atoms with Crippen molar-refractivity contribution in [1.82, 2.24) is 15.3 Å². The molecule has 1 aliphatic rings. The van der Waals surface area contributed by atoms with Crippen molar-refractivity contribution in [2.45, 2.75) is 18.9 Å². The first-order valence-corrected chi connectivity index (χ1v) is 7.00. The quantitative estimate of drug-likeness (QED) is 0.753. The lowest BCUT2D eigenvalue weighted by Crippen LogP contribution is -2.20. The molecule has 1 aromatic carbocycles. The fraction of sp³-hybridized carbons (Fsp3) is 0.333. The maximum Gasteiger partial charge on any atom is 0.294 e. The van der Waals surface area contributed by atoms with Gasteiger partial charge in [0.05, 0.1) is 18.5 Å². The van der Waals surface area contributed by atoms with E-state index in [0.717, 1.165) is 24.8 Å². The molecular weight excluding hydrogens is 270 g/mol. The van der Waals surface area contributed by atoms with Crippen LogP contribution in [0.1, 0.15) is 24.7 Å². The number of rotatable bonds is 2. The van der Waals surface area contributed by atoms with Crippen molar-refractivity contribution in [3.05, 3.63) is 34.4 Å². The Kier molecular flexibility index (Phi) is 2.71. The molecule has 1 atom stereocenters. The summed E-state index contributed by atoms with van der Waals surface area (Å²) in [6, 6.07) is 5.55. The summed E-state index contributed by atoms with van der Waals surface area (Å²) in [5.74, 6) is 1.39. The van der Waals surface area contributed by atoms with Gasteiger partial charge in [0.2, 0.25) is 5.58 Å². The van der Waals surface area contributed by atoms with E-state index in [1.54, 1.807) is 19.2 Å². The van der Waals surface area contributed by atoms with E-state index in [4.69, 9.17) is 9.15 Å². The van der Waals surface area contributed by atoms with E-state index in [1.165, 1.54) is 0 Å². The summed E-state index contributed by atoms with van der Waals surface area (Å²) in [6.07, 6.45) is 2.07. The number of aromatic nitrogens is 2. The fourth-order valence-electron chi connectivity index (χ4n) is 2.86. The highest BCUT2D eigenvalue weighted by Crippen LogP contribution is 2.29. The number of methoxy groups -OCH3 is 1. The molecule has 0 saturated carbocycles. The van der Waals surface area contributed by atoms with E-state index in [0.29, 0.717) is 22.7 Å². The van der Waals surface area contributed by atoms with E-state index in [9.17, 15) is 4.79 Å². The molecule has 108 valence electrons. The molecule has 4 rings (SSSR count). The van der Waals surface area contributed by atoms with Crippen molar-refractivity contribution >= 4 is 22.1 Å². The molecule has 2 aromatic heterocycles. The normalized spacial score (nSPS) is 18.6. The maximum absolute atomic E-state index is 12.2. The smallest absolute Gasteiger partial charge is 0.294 e. The summed E-state index contributed by atoms with van der Waals surface area (Å²) in [5.41, 5.74) is 1.26. The molecule has 1 fully saturated rings. The highest BCUT2D eigenvalue weighted by Gasteiger charge is 2.21. The van der Waals surface area contributed by atoms with E-state index < -0.39 is 0 Å². The molecule has 6 nitrogen and oxygen atoms in total. The Balaban J connectivity index is 2.00. The Bertz CT molecular complexity index is 875. The molecule has 0 unspecified atom stereocenters. The number of nitrogens with one attached hydrogen (secondary N) is 2. The van der Waals surface area contributed by atoms with Crippen LogP contribution in [0.4, 0.5) is 0 Å². The standard InChI is InChI=1S/C15H15N3O3/c1-20-8-4-5-11-9(7-8)12-13(21-11)15(19)18-14(17-12)10-3-2-6-16-10/h4-5,7,10,16H,2-3,6H2,1H3,(H,17,18,19)/t10-/m1/s1. The minimum atomic E-state index is -0.237. The highest BCUT2D eigenvalue weighted by atomic mass is 16.5. The van der Waals surface area contributed by atoms with Crippen LogP contribution in [0.15, 0.2) is 27.4 Å². The Hall–Kier alpha value is -2.34. The molecule has 21 heavy (non-hydrogen) atoms. The molecule has 0 radical (unpaired) electrons. The molecule has 1 saturated heterocycles. The molecule has 0 spiro atoms. The Morgan fingerprint density at radius 2 is 2.33 bits per heavy atom. The van der Waals surface area contributed by atoms with Gasteiger partial charge < -0.3 is 19.5 Å². The largest absolute Gasteiger partial charge is 0.497 e. The Labute approximate surface area is 120 Å². The molecule has 3 heterocycles. The van der Waals surface area contributed by atoms with Gasteiger partial charge in [-0.1, -0.05) is 0 Å². The van der Waals surface area contributed by atoms with Crippen LogP contribution in [0.3, 0.4) is 0 Å². The van der Waals surface area contributed by atoms with E-state index in [2.05, 4.69) is 15.3 Å². The number of aromatic amines is 1. The molecule has 3 aromatic rings. The van der Waals surface area contributed by atoms with Gasteiger partial charge in [0.1, 0.15) is 22.7 Å². The summed E-state index contributed by atoms with van der Waals surface area (Å²) in [6.45, 7) is 0.951. The van der Waals surface area contributed by atoms with E-state index >= 15 is 0 Å². The number of furan rings is 1. The summed E-state index contributed by atoms with van der Waals surface area (Å²) >= 11 is 0. The summed E-state index contributed by atoms with van der Waals surface area (Å²) in [5, 5.41) is 4.14. The summed E-state index contributed by atoms with van der Waals surface area (Å²) < 4.78 is 10.9. The second kappa shape index (κ2) is 4.60. The summed E-state index contributed by atoms with van der Waals surface area (Å²) in [4.78, 5) is 19.7. The van der Waals surface area contributed by atoms with Crippen molar-refractivity contribution in [3.8, 4) is 5.75 Å². The third-order valence-corrected chi connectivity index (χ3v) is 3.94. The number of benzene rings is 1. The van der Waals surface area contributed by atoms with Crippen LogP contribution in [0, 0.1) is 0 Å². The number of nitrogens with zero attached hydrogens (tertiary/aromatic N) is 1. The minimum Gasteiger partial charge on any atom is -0.497 e. The van der Waals surface area contributed by atoms with Gasteiger partial charge in [0, 0.05) is 0 Å². The maximum atomic E-state index is 12.2. The van der Waals surface area contributed by atoms with Gasteiger partial charge in [-0.25, -0.2) is 4.98 Å². The van der Waals surface area contributed by atoms with Crippen LogP contribution < -0.4 is 15.6 Å². The van der Waals surface area contributed by atoms with Crippen molar-refractivity contribution in [3.63, 3.8) is 0 Å². The van der Waals surface area contributed by atoms with Crippen LogP contribution in [-0.4, -0.2) is 23.6 Å². The minimum absolute atomic E-state index is 0.109. The third kappa shape index (κ3) is 1.91. The number of hydrogen-bond acceptors (Lipinski definition) is 5.